The van der Waals surface area contributed by atoms with Crippen molar-refractivity contribution in [3.63, 3.8) is 0 Å². The van der Waals surface area contributed by atoms with Crippen molar-refractivity contribution in [3.8, 4) is 0 Å². The maximum atomic E-state index is 12.5. The molecule has 1 rings (SSSR count). The number of rotatable bonds is 14. The Labute approximate surface area is 183 Å². The normalized spacial score (nSPS) is 12.2. The average Bonchev–Trinajstić information content (AvgIpc) is 2.77. The van der Waals surface area contributed by atoms with Crippen LogP contribution in [-0.2, 0) is 16.1 Å². The van der Waals surface area contributed by atoms with E-state index in [1.807, 2.05) is 37.3 Å². The number of hydrogen-bond donors (Lipinski definition) is 3. The number of carbonyl (C=O) groups is 3. The van der Waals surface area contributed by atoms with Crippen molar-refractivity contribution in [1.82, 2.24) is 20.9 Å². The first-order valence-electron chi connectivity index (χ1n) is 10.5. The Morgan fingerprint density at radius 2 is 1.84 bits per heavy atom. The van der Waals surface area contributed by atoms with Crippen LogP contribution >= 0.6 is 0 Å². The van der Waals surface area contributed by atoms with Gasteiger partial charge in [-0.25, -0.2) is 4.79 Å². The average molecular weight is 432 g/mol. The van der Waals surface area contributed by atoms with Gasteiger partial charge in [-0.3, -0.25) is 9.59 Å². The fourth-order valence-corrected chi connectivity index (χ4v) is 3.00. The minimum atomic E-state index is -0.968. The van der Waals surface area contributed by atoms with Crippen LogP contribution in [0.2, 0.25) is 0 Å². The predicted octanol–water partition coefficient (Wildman–Crippen LogP) is 2.68. The topological polar surface area (TPSA) is 120 Å². The maximum absolute atomic E-state index is 12.5. The molecule has 1 aromatic rings. The summed E-state index contributed by atoms with van der Waals surface area (Å²) in [6.07, 6.45) is 2.78. The van der Waals surface area contributed by atoms with Gasteiger partial charge < -0.3 is 20.9 Å². The highest BCUT2D eigenvalue weighted by Gasteiger charge is 2.20. The van der Waals surface area contributed by atoms with E-state index in [2.05, 4.69) is 27.7 Å². The molecule has 0 fully saturated rings. The fourth-order valence-electron chi connectivity index (χ4n) is 3.00. The molecule has 170 valence electrons. The van der Waals surface area contributed by atoms with Crippen LogP contribution in [0.25, 0.3) is 0 Å². The lowest BCUT2D eigenvalue weighted by Crippen LogP contribution is -2.46. The SMILES string of the molecule is C=CC(N=O)NC(=O)N(CCC)CCCC[C@H](NC(C)=O)C(=O)NCc1ccccc1. The minimum Gasteiger partial charge on any atom is -0.350 e. The van der Waals surface area contributed by atoms with Crippen molar-refractivity contribution in [2.24, 2.45) is 5.18 Å². The molecule has 1 unspecified atom stereocenters. The van der Waals surface area contributed by atoms with E-state index >= 15 is 0 Å². The van der Waals surface area contributed by atoms with E-state index in [0.717, 1.165) is 12.0 Å². The molecule has 4 amide bonds. The summed E-state index contributed by atoms with van der Waals surface area (Å²) in [5, 5.41) is 10.8. The number of nitrogens with one attached hydrogen (secondary N) is 3. The number of hydrogen-bond acceptors (Lipinski definition) is 5. The van der Waals surface area contributed by atoms with Crippen LogP contribution in [0.1, 0.15) is 45.1 Å². The summed E-state index contributed by atoms with van der Waals surface area (Å²) in [4.78, 5) is 48.6. The van der Waals surface area contributed by atoms with E-state index in [1.165, 1.54) is 13.0 Å². The molecule has 9 nitrogen and oxygen atoms in total. The van der Waals surface area contributed by atoms with Gasteiger partial charge in [0.2, 0.25) is 11.8 Å². The van der Waals surface area contributed by atoms with Crippen molar-refractivity contribution in [2.45, 2.75) is 58.3 Å². The van der Waals surface area contributed by atoms with Crippen molar-refractivity contribution in [3.05, 3.63) is 53.5 Å². The molecule has 0 aliphatic heterocycles. The van der Waals surface area contributed by atoms with Crippen LogP contribution in [0.5, 0.6) is 0 Å². The molecule has 1 aromatic carbocycles. The summed E-state index contributed by atoms with van der Waals surface area (Å²) in [5.41, 5.74) is 0.973. The number of amides is 4. The second kappa shape index (κ2) is 14.7. The van der Waals surface area contributed by atoms with Gasteiger partial charge in [-0.05, 0) is 42.5 Å². The number of unbranched alkanes of at least 4 members (excludes halogenated alkanes) is 1. The van der Waals surface area contributed by atoms with Crippen LogP contribution < -0.4 is 16.0 Å². The first-order valence-corrected chi connectivity index (χ1v) is 10.5. The van der Waals surface area contributed by atoms with Crippen molar-refractivity contribution in [2.75, 3.05) is 13.1 Å². The van der Waals surface area contributed by atoms with E-state index in [1.54, 1.807) is 4.90 Å². The van der Waals surface area contributed by atoms with Crippen molar-refractivity contribution in [1.29, 1.82) is 0 Å². The standard InChI is InChI=1S/C22H33N5O4/c1-4-14-27(22(30)25-20(5-2)26-31)15-10-9-13-19(24-17(3)28)21(29)23-16-18-11-7-6-8-12-18/h5-8,11-12,19-20H,2,4,9-10,13-16H2,1,3H3,(H,23,29)(H,24,28)(H,25,30)/t19-,20?/m0/s1. The zero-order chi connectivity index (χ0) is 23.1. The Morgan fingerprint density at radius 1 is 1.13 bits per heavy atom. The molecule has 0 radical (unpaired) electrons. The molecule has 31 heavy (non-hydrogen) atoms. The van der Waals surface area contributed by atoms with Gasteiger partial charge in [-0.15, -0.1) is 4.91 Å². The molecule has 2 atom stereocenters. The summed E-state index contributed by atoms with van der Waals surface area (Å²) < 4.78 is 0. The van der Waals surface area contributed by atoms with Gasteiger partial charge in [-0.1, -0.05) is 43.8 Å². The summed E-state index contributed by atoms with van der Waals surface area (Å²) in [6, 6.07) is 8.50. The lowest BCUT2D eigenvalue weighted by molar-refractivity contribution is -0.128. The third kappa shape index (κ3) is 10.4. The highest BCUT2D eigenvalue weighted by Crippen LogP contribution is 2.06. The molecule has 0 bridgehead atoms. The molecule has 3 N–H and O–H groups in total. The van der Waals surface area contributed by atoms with Gasteiger partial charge in [-0.2, -0.15) is 0 Å². The highest BCUT2D eigenvalue weighted by atomic mass is 16.3. The fraction of sp³-hybridized carbons (Fsp3) is 0.500. The number of nitroso groups, excluding NO2 is 1. The second-order valence-electron chi connectivity index (χ2n) is 7.17. The molecule has 0 aliphatic rings. The molecular formula is C22H33N5O4. The molecule has 0 aromatic heterocycles. The van der Waals surface area contributed by atoms with Gasteiger partial charge in [0.05, 0.1) is 0 Å². The number of benzene rings is 1. The second-order valence-corrected chi connectivity index (χ2v) is 7.17. The van der Waals surface area contributed by atoms with Crippen LogP contribution in [0.4, 0.5) is 4.79 Å². The molecule has 0 saturated heterocycles. The maximum Gasteiger partial charge on any atom is 0.319 e. The molecule has 0 aliphatic carbocycles. The molecular weight excluding hydrogens is 398 g/mol. The molecule has 0 heterocycles. The summed E-state index contributed by atoms with van der Waals surface area (Å²) >= 11 is 0. The third-order valence-electron chi connectivity index (χ3n) is 4.56. The first kappa shape index (κ1) is 25.8. The first-order chi connectivity index (χ1) is 14.9. The van der Waals surface area contributed by atoms with E-state index in [4.69, 9.17) is 0 Å². The van der Waals surface area contributed by atoms with Crippen LogP contribution in [0.15, 0.2) is 48.2 Å². The van der Waals surface area contributed by atoms with Gasteiger partial charge in [0, 0.05) is 26.6 Å². The van der Waals surface area contributed by atoms with Gasteiger partial charge in [0.15, 0.2) is 6.17 Å². The molecule has 0 saturated carbocycles. The van der Waals surface area contributed by atoms with Crippen LogP contribution in [0.3, 0.4) is 0 Å². The Bertz CT molecular complexity index is 718. The molecule has 0 spiro atoms. The third-order valence-corrected chi connectivity index (χ3v) is 4.56. The smallest absolute Gasteiger partial charge is 0.319 e. The zero-order valence-electron chi connectivity index (χ0n) is 18.3. The van der Waals surface area contributed by atoms with E-state index in [0.29, 0.717) is 38.9 Å². The van der Waals surface area contributed by atoms with E-state index in [9.17, 15) is 19.3 Å². The van der Waals surface area contributed by atoms with Crippen molar-refractivity contribution >= 4 is 17.8 Å². The number of nitrogens with zero attached hydrogens (tertiary/aromatic N) is 2. The predicted molar refractivity (Wildman–Crippen MR) is 120 cm³/mol. The minimum absolute atomic E-state index is 0.243. The lowest BCUT2D eigenvalue weighted by Gasteiger charge is -2.24. The summed E-state index contributed by atoms with van der Waals surface area (Å²) in [5.74, 6) is -0.517. The number of urea groups is 1. The van der Waals surface area contributed by atoms with Crippen LogP contribution in [-0.4, -0.2) is 48.0 Å². The monoisotopic (exact) mass is 431 g/mol. The Hall–Kier alpha value is -3.23. The quantitative estimate of drug-likeness (QED) is 0.238. The van der Waals surface area contributed by atoms with Gasteiger partial charge >= 0.3 is 6.03 Å². The Balaban J connectivity index is 2.53. The van der Waals surface area contributed by atoms with Gasteiger partial charge in [0.25, 0.3) is 0 Å². The van der Waals surface area contributed by atoms with E-state index < -0.39 is 12.2 Å². The van der Waals surface area contributed by atoms with Gasteiger partial charge in [0.1, 0.15) is 6.04 Å². The Kier molecular flexibility index (Phi) is 12.2. The van der Waals surface area contributed by atoms with Crippen LogP contribution in [0, 0.1) is 4.91 Å². The van der Waals surface area contributed by atoms with Crippen molar-refractivity contribution < 1.29 is 14.4 Å². The lowest BCUT2D eigenvalue weighted by atomic mass is 10.1. The molecule has 9 heteroatoms. The Morgan fingerprint density at radius 3 is 2.42 bits per heavy atom. The summed E-state index contributed by atoms with van der Waals surface area (Å²) in [6.45, 7) is 8.16. The largest absolute Gasteiger partial charge is 0.350 e. The summed E-state index contributed by atoms with van der Waals surface area (Å²) in [7, 11) is 0. The highest BCUT2D eigenvalue weighted by molar-refractivity contribution is 5.86. The van der Waals surface area contributed by atoms with E-state index in [-0.39, 0.29) is 17.8 Å². The zero-order valence-corrected chi connectivity index (χ0v) is 18.3. The number of carbonyl (C=O) groups excluding carboxylic acids is 3.